The molecule has 4 heteroatoms. The summed E-state index contributed by atoms with van der Waals surface area (Å²) >= 11 is 5.96. The second-order valence-electron chi connectivity index (χ2n) is 4.88. The minimum absolute atomic E-state index is 0.306. The predicted molar refractivity (Wildman–Crippen MR) is 78.9 cm³/mol. The third-order valence-electron chi connectivity index (χ3n) is 3.69. The number of aromatic nitrogens is 1. The molecule has 2 heterocycles. The fourth-order valence-corrected chi connectivity index (χ4v) is 2.79. The zero-order valence-corrected chi connectivity index (χ0v) is 11.7. The van der Waals surface area contributed by atoms with Crippen molar-refractivity contribution in [3.8, 4) is 0 Å². The summed E-state index contributed by atoms with van der Waals surface area (Å²) in [7, 11) is 1.77. The van der Waals surface area contributed by atoms with Crippen LogP contribution in [-0.4, -0.2) is 31.3 Å². The van der Waals surface area contributed by atoms with Gasteiger partial charge in [0.25, 0.3) is 0 Å². The standard InChI is InChI=1S/C15H17ClN2O/c1-19-13-6-7-18(10-13)15-14-5-3-2-4-11(14)8-12(9-16)17-15/h2-5,8,13H,6-7,9-10H2,1H3. The minimum atomic E-state index is 0.306. The van der Waals surface area contributed by atoms with Gasteiger partial charge in [0.05, 0.1) is 17.7 Å². The van der Waals surface area contributed by atoms with E-state index in [9.17, 15) is 0 Å². The molecule has 3 nitrogen and oxygen atoms in total. The SMILES string of the molecule is COC1CCN(c2nc(CCl)cc3ccccc23)C1. The molecule has 1 unspecified atom stereocenters. The van der Waals surface area contributed by atoms with Crippen molar-refractivity contribution in [3.05, 3.63) is 36.0 Å². The monoisotopic (exact) mass is 276 g/mol. The number of pyridine rings is 1. The topological polar surface area (TPSA) is 25.4 Å². The van der Waals surface area contributed by atoms with Gasteiger partial charge >= 0.3 is 0 Å². The van der Waals surface area contributed by atoms with Crippen LogP contribution in [0.2, 0.25) is 0 Å². The van der Waals surface area contributed by atoms with Crippen LogP contribution in [0, 0.1) is 0 Å². The number of benzene rings is 1. The van der Waals surface area contributed by atoms with Crippen LogP contribution in [0.4, 0.5) is 5.82 Å². The van der Waals surface area contributed by atoms with Crippen molar-refractivity contribution in [2.24, 2.45) is 0 Å². The van der Waals surface area contributed by atoms with Gasteiger partial charge in [0.1, 0.15) is 5.82 Å². The number of fused-ring (bicyclic) bond motifs is 1. The van der Waals surface area contributed by atoms with Crippen molar-refractivity contribution in [2.75, 3.05) is 25.1 Å². The second-order valence-corrected chi connectivity index (χ2v) is 5.15. The second kappa shape index (κ2) is 5.35. The molecule has 0 spiro atoms. The molecule has 2 aromatic rings. The van der Waals surface area contributed by atoms with E-state index in [2.05, 4.69) is 29.2 Å². The lowest BCUT2D eigenvalue weighted by molar-refractivity contribution is 0.121. The first-order chi connectivity index (χ1) is 9.31. The summed E-state index contributed by atoms with van der Waals surface area (Å²) in [6.45, 7) is 1.89. The quantitative estimate of drug-likeness (QED) is 0.805. The Bertz CT molecular complexity index is 587. The number of hydrogen-bond acceptors (Lipinski definition) is 3. The lowest BCUT2D eigenvalue weighted by atomic mass is 10.1. The first-order valence-electron chi connectivity index (χ1n) is 6.54. The molecule has 1 atom stereocenters. The molecule has 1 aliphatic rings. The number of nitrogens with zero attached hydrogens (tertiary/aromatic N) is 2. The molecule has 1 fully saturated rings. The van der Waals surface area contributed by atoms with Gasteiger partial charge in [-0.1, -0.05) is 24.3 Å². The molecule has 0 radical (unpaired) electrons. The molecule has 19 heavy (non-hydrogen) atoms. The summed E-state index contributed by atoms with van der Waals surface area (Å²) in [5.41, 5.74) is 0.927. The van der Waals surface area contributed by atoms with E-state index >= 15 is 0 Å². The largest absolute Gasteiger partial charge is 0.380 e. The average Bonchev–Trinajstić information content (AvgIpc) is 2.94. The number of hydrogen-bond donors (Lipinski definition) is 0. The van der Waals surface area contributed by atoms with E-state index in [-0.39, 0.29) is 0 Å². The number of anilines is 1. The molecule has 0 amide bonds. The number of halogens is 1. The summed E-state index contributed by atoms with van der Waals surface area (Å²) in [5.74, 6) is 1.48. The zero-order valence-electron chi connectivity index (χ0n) is 11.0. The lowest BCUT2D eigenvalue weighted by Crippen LogP contribution is -2.23. The molecule has 100 valence electrons. The number of methoxy groups -OCH3 is 1. The van der Waals surface area contributed by atoms with Crippen molar-refractivity contribution in [1.29, 1.82) is 0 Å². The molecule has 1 aromatic carbocycles. The molecule has 3 rings (SSSR count). The Kier molecular flexibility index (Phi) is 3.58. The van der Waals surface area contributed by atoms with Gasteiger partial charge in [-0.15, -0.1) is 11.6 Å². The summed E-state index contributed by atoms with van der Waals surface area (Å²) in [6.07, 6.45) is 1.36. The lowest BCUT2D eigenvalue weighted by Gasteiger charge is -2.20. The van der Waals surface area contributed by atoms with E-state index in [1.165, 1.54) is 10.8 Å². The molecule has 1 saturated heterocycles. The van der Waals surface area contributed by atoms with Gasteiger partial charge in [-0.05, 0) is 17.9 Å². The Labute approximate surface area is 118 Å². The maximum absolute atomic E-state index is 5.96. The fourth-order valence-electron chi connectivity index (χ4n) is 2.66. The first kappa shape index (κ1) is 12.7. The summed E-state index contributed by atoms with van der Waals surface area (Å²) in [6, 6.07) is 10.4. The third kappa shape index (κ3) is 2.40. The Balaban J connectivity index is 2.06. The number of alkyl halides is 1. The van der Waals surface area contributed by atoms with Gasteiger partial charge in [-0.2, -0.15) is 0 Å². The van der Waals surface area contributed by atoms with Crippen LogP contribution in [0.5, 0.6) is 0 Å². The normalized spacial score (nSPS) is 19.3. The summed E-state index contributed by atoms with van der Waals surface area (Å²) in [5, 5.41) is 2.39. The van der Waals surface area contributed by atoms with Crippen molar-refractivity contribution in [2.45, 2.75) is 18.4 Å². The first-order valence-corrected chi connectivity index (χ1v) is 7.07. The van der Waals surface area contributed by atoms with E-state index in [4.69, 9.17) is 21.3 Å². The van der Waals surface area contributed by atoms with Crippen LogP contribution in [0.25, 0.3) is 10.8 Å². The molecule has 0 N–H and O–H groups in total. The Morgan fingerprint density at radius 2 is 2.26 bits per heavy atom. The van der Waals surface area contributed by atoms with E-state index in [1.807, 2.05) is 6.07 Å². The highest BCUT2D eigenvalue weighted by Crippen LogP contribution is 2.29. The molecule has 0 aliphatic carbocycles. The minimum Gasteiger partial charge on any atom is -0.380 e. The van der Waals surface area contributed by atoms with Crippen molar-refractivity contribution < 1.29 is 4.74 Å². The van der Waals surface area contributed by atoms with Crippen LogP contribution in [-0.2, 0) is 10.6 Å². The predicted octanol–water partition coefficient (Wildman–Crippen LogP) is 3.20. The fraction of sp³-hybridized carbons (Fsp3) is 0.400. The number of ether oxygens (including phenoxy) is 1. The van der Waals surface area contributed by atoms with Gasteiger partial charge in [0, 0.05) is 25.6 Å². The summed E-state index contributed by atoms with van der Waals surface area (Å²) in [4.78, 5) is 7.01. The molecule has 1 aliphatic heterocycles. The van der Waals surface area contributed by atoms with Crippen molar-refractivity contribution >= 4 is 28.2 Å². The van der Waals surface area contributed by atoms with Crippen LogP contribution < -0.4 is 4.90 Å². The highest BCUT2D eigenvalue weighted by Gasteiger charge is 2.24. The summed E-state index contributed by atoms with van der Waals surface area (Å²) < 4.78 is 5.44. The van der Waals surface area contributed by atoms with Crippen LogP contribution >= 0.6 is 11.6 Å². The van der Waals surface area contributed by atoms with Gasteiger partial charge in [0.2, 0.25) is 0 Å². The van der Waals surface area contributed by atoms with Crippen molar-refractivity contribution in [1.82, 2.24) is 4.98 Å². The van der Waals surface area contributed by atoms with E-state index < -0.39 is 0 Å². The molecular formula is C15H17ClN2O. The van der Waals surface area contributed by atoms with Crippen molar-refractivity contribution in [3.63, 3.8) is 0 Å². The number of rotatable bonds is 3. The van der Waals surface area contributed by atoms with Gasteiger partial charge in [-0.25, -0.2) is 4.98 Å². The average molecular weight is 277 g/mol. The molecule has 0 saturated carbocycles. The molecule has 0 bridgehead atoms. The van der Waals surface area contributed by atoms with Crippen LogP contribution in [0.15, 0.2) is 30.3 Å². The van der Waals surface area contributed by atoms with Gasteiger partial charge in [-0.3, -0.25) is 0 Å². The van der Waals surface area contributed by atoms with E-state index in [0.29, 0.717) is 12.0 Å². The highest BCUT2D eigenvalue weighted by atomic mass is 35.5. The van der Waals surface area contributed by atoms with Gasteiger partial charge < -0.3 is 9.64 Å². The third-order valence-corrected chi connectivity index (χ3v) is 3.96. The smallest absolute Gasteiger partial charge is 0.136 e. The zero-order chi connectivity index (χ0) is 13.2. The molecular weight excluding hydrogens is 260 g/mol. The van der Waals surface area contributed by atoms with Crippen LogP contribution in [0.1, 0.15) is 12.1 Å². The van der Waals surface area contributed by atoms with E-state index in [0.717, 1.165) is 31.0 Å². The highest BCUT2D eigenvalue weighted by molar-refractivity contribution is 6.17. The maximum atomic E-state index is 5.96. The Morgan fingerprint density at radius 3 is 3.00 bits per heavy atom. The van der Waals surface area contributed by atoms with Crippen LogP contribution in [0.3, 0.4) is 0 Å². The molecule has 1 aromatic heterocycles. The Morgan fingerprint density at radius 1 is 1.42 bits per heavy atom. The Hall–Kier alpha value is -1.32. The van der Waals surface area contributed by atoms with Gasteiger partial charge in [0.15, 0.2) is 0 Å². The maximum Gasteiger partial charge on any atom is 0.136 e. The van der Waals surface area contributed by atoms with E-state index in [1.54, 1.807) is 7.11 Å².